The summed E-state index contributed by atoms with van der Waals surface area (Å²) in [7, 11) is 4.54. The van der Waals surface area contributed by atoms with Crippen LogP contribution in [0.4, 0.5) is 0 Å². The second kappa shape index (κ2) is 13.0. The van der Waals surface area contributed by atoms with Gasteiger partial charge in [0.05, 0.1) is 39.4 Å². The number of methoxy groups -OCH3 is 3. The number of ether oxygens (including phenoxy) is 3. The Labute approximate surface area is 211 Å². The summed E-state index contributed by atoms with van der Waals surface area (Å²) in [6.07, 6.45) is 1.65. The first-order chi connectivity index (χ1) is 17.5. The minimum absolute atomic E-state index is 0.0757. The van der Waals surface area contributed by atoms with Crippen molar-refractivity contribution in [2.45, 2.75) is 31.7 Å². The van der Waals surface area contributed by atoms with Crippen molar-refractivity contribution in [1.82, 2.24) is 5.32 Å². The molecule has 0 heterocycles. The summed E-state index contributed by atoms with van der Waals surface area (Å²) in [4.78, 5) is 24.6. The van der Waals surface area contributed by atoms with Gasteiger partial charge in [-0.3, -0.25) is 9.59 Å². The molecule has 1 N–H and O–H groups in total. The van der Waals surface area contributed by atoms with E-state index in [4.69, 9.17) is 14.2 Å². The van der Waals surface area contributed by atoms with Crippen molar-refractivity contribution in [2.24, 2.45) is 0 Å². The number of nitrogens with zero attached hydrogens (tertiary/aromatic N) is 1. The summed E-state index contributed by atoms with van der Waals surface area (Å²) in [5.74, 6) is 0.781. The highest BCUT2D eigenvalue weighted by Crippen LogP contribution is 2.27. The third kappa shape index (κ3) is 7.09. The monoisotopic (exact) mass is 486 g/mol. The Morgan fingerprint density at radius 2 is 1.75 bits per heavy atom. The fraction of sp³-hybridized carbons (Fsp3) is 0.276. The lowest BCUT2D eigenvalue weighted by atomic mass is 9.89. The minimum atomic E-state index is -0.289. The lowest BCUT2D eigenvalue weighted by molar-refractivity contribution is -0.141. The van der Waals surface area contributed by atoms with Gasteiger partial charge in [-0.1, -0.05) is 24.3 Å². The lowest BCUT2D eigenvalue weighted by Crippen LogP contribution is -2.23. The van der Waals surface area contributed by atoms with Gasteiger partial charge in [-0.15, -0.1) is 0 Å². The molecule has 0 bridgehead atoms. The number of carbonyl (C=O) groups is 2. The molecule has 1 atom stereocenters. The number of carbonyl (C=O) groups excluding carboxylic acids is 2. The molecule has 0 saturated heterocycles. The first-order valence-corrected chi connectivity index (χ1v) is 11.6. The van der Waals surface area contributed by atoms with Crippen LogP contribution in [0.5, 0.6) is 11.5 Å². The van der Waals surface area contributed by atoms with E-state index in [0.29, 0.717) is 42.0 Å². The van der Waals surface area contributed by atoms with Crippen LogP contribution in [0.2, 0.25) is 0 Å². The van der Waals surface area contributed by atoms with E-state index in [2.05, 4.69) is 11.4 Å². The quantitative estimate of drug-likeness (QED) is 0.392. The van der Waals surface area contributed by atoms with Crippen molar-refractivity contribution in [1.29, 1.82) is 5.26 Å². The van der Waals surface area contributed by atoms with Gasteiger partial charge in [0.25, 0.3) is 5.91 Å². The Balaban J connectivity index is 1.62. The smallest absolute Gasteiger partial charge is 0.306 e. The Morgan fingerprint density at radius 3 is 2.42 bits per heavy atom. The zero-order valence-corrected chi connectivity index (χ0v) is 20.7. The molecule has 0 saturated carbocycles. The standard InChI is InChI=1S/C29H30N2O5/c1-34-26-14-13-25(27(17-26)35-2)19-31-29(33)22-10-7-20(8-11-22)9-12-24(16-28(32)36-3)23-6-4-5-21(15-23)18-30/h4-8,10-11,13-15,17,24H,9,12,16,19H2,1-3H3,(H,31,33). The summed E-state index contributed by atoms with van der Waals surface area (Å²) >= 11 is 0. The van der Waals surface area contributed by atoms with Gasteiger partial charge in [-0.2, -0.15) is 5.26 Å². The maximum absolute atomic E-state index is 12.7. The first kappa shape index (κ1) is 26.3. The average molecular weight is 487 g/mol. The van der Waals surface area contributed by atoms with Crippen molar-refractivity contribution >= 4 is 11.9 Å². The normalized spacial score (nSPS) is 11.2. The van der Waals surface area contributed by atoms with E-state index in [1.807, 2.05) is 42.5 Å². The molecule has 0 aromatic heterocycles. The van der Waals surface area contributed by atoms with Crippen LogP contribution in [-0.2, 0) is 22.5 Å². The van der Waals surface area contributed by atoms with Crippen LogP contribution in [0.25, 0.3) is 0 Å². The second-order valence-electron chi connectivity index (χ2n) is 8.31. The summed E-state index contributed by atoms with van der Waals surface area (Å²) in [6, 6.07) is 22.4. The van der Waals surface area contributed by atoms with Gasteiger partial charge >= 0.3 is 5.97 Å². The molecule has 7 nitrogen and oxygen atoms in total. The Hall–Kier alpha value is -4.31. The van der Waals surface area contributed by atoms with Gasteiger partial charge in [-0.25, -0.2) is 0 Å². The molecule has 36 heavy (non-hydrogen) atoms. The van der Waals surface area contributed by atoms with E-state index in [1.54, 1.807) is 38.5 Å². The van der Waals surface area contributed by atoms with Crippen molar-refractivity contribution in [3.63, 3.8) is 0 Å². The third-order valence-electron chi connectivity index (χ3n) is 6.06. The largest absolute Gasteiger partial charge is 0.497 e. The molecule has 3 rings (SSSR count). The fourth-order valence-corrected chi connectivity index (χ4v) is 3.97. The van der Waals surface area contributed by atoms with E-state index in [-0.39, 0.29) is 24.2 Å². The molecule has 186 valence electrons. The van der Waals surface area contributed by atoms with E-state index in [0.717, 1.165) is 16.7 Å². The van der Waals surface area contributed by atoms with Crippen LogP contribution >= 0.6 is 0 Å². The molecule has 1 amide bonds. The molecule has 3 aromatic carbocycles. The Kier molecular flexibility index (Phi) is 9.47. The zero-order chi connectivity index (χ0) is 25.9. The number of nitriles is 1. The summed E-state index contributed by atoms with van der Waals surface area (Å²) in [5, 5.41) is 12.1. The van der Waals surface area contributed by atoms with E-state index < -0.39 is 0 Å². The van der Waals surface area contributed by atoms with Crippen LogP contribution in [-0.4, -0.2) is 33.2 Å². The third-order valence-corrected chi connectivity index (χ3v) is 6.06. The van der Waals surface area contributed by atoms with Gasteiger partial charge in [0.15, 0.2) is 0 Å². The van der Waals surface area contributed by atoms with Crippen LogP contribution in [0.1, 0.15) is 51.4 Å². The molecular weight excluding hydrogens is 456 g/mol. The molecule has 0 spiro atoms. The first-order valence-electron chi connectivity index (χ1n) is 11.6. The molecule has 7 heteroatoms. The van der Waals surface area contributed by atoms with Crippen LogP contribution in [0, 0.1) is 11.3 Å². The number of nitrogens with one attached hydrogen (secondary N) is 1. The number of benzene rings is 3. The minimum Gasteiger partial charge on any atom is -0.497 e. The SMILES string of the molecule is COC(=O)CC(CCc1ccc(C(=O)NCc2ccc(OC)cc2OC)cc1)c1cccc(C#N)c1. The van der Waals surface area contributed by atoms with Gasteiger partial charge in [-0.05, 0) is 66.3 Å². The van der Waals surface area contributed by atoms with Crippen LogP contribution < -0.4 is 14.8 Å². The predicted molar refractivity (Wildman–Crippen MR) is 136 cm³/mol. The number of aryl methyl sites for hydroxylation is 1. The summed E-state index contributed by atoms with van der Waals surface area (Å²) in [5.41, 5.74) is 3.95. The van der Waals surface area contributed by atoms with Crippen molar-refractivity contribution < 1.29 is 23.8 Å². The van der Waals surface area contributed by atoms with E-state index >= 15 is 0 Å². The molecule has 0 fully saturated rings. The maximum Gasteiger partial charge on any atom is 0.306 e. The highest BCUT2D eigenvalue weighted by Gasteiger charge is 2.17. The van der Waals surface area contributed by atoms with Gasteiger partial charge in [0.1, 0.15) is 11.5 Å². The van der Waals surface area contributed by atoms with Crippen molar-refractivity contribution in [3.8, 4) is 17.6 Å². The fourth-order valence-electron chi connectivity index (χ4n) is 3.97. The van der Waals surface area contributed by atoms with E-state index in [9.17, 15) is 14.9 Å². The maximum atomic E-state index is 12.7. The van der Waals surface area contributed by atoms with Crippen molar-refractivity contribution in [2.75, 3.05) is 21.3 Å². The van der Waals surface area contributed by atoms with E-state index in [1.165, 1.54) is 7.11 Å². The zero-order valence-electron chi connectivity index (χ0n) is 20.7. The highest BCUT2D eigenvalue weighted by atomic mass is 16.5. The van der Waals surface area contributed by atoms with Crippen molar-refractivity contribution in [3.05, 3.63) is 94.5 Å². The predicted octanol–water partition coefficient (Wildman–Crippen LogP) is 4.78. The van der Waals surface area contributed by atoms with Gasteiger partial charge in [0, 0.05) is 23.7 Å². The van der Waals surface area contributed by atoms with Gasteiger partial charge in [0.2, 0.25) is 0 Å². The average Bonchev–Trinajstić information content (AvgIpc) is 2.93. The molecule has 0 radical (unpaired) electrons. The van der Waals surface area contributed by atoms with Crippen LogP contribution in [0.15, 0.2) is 66.7 Å². The number of hydrogen-bond acceptors (Lipinski definition) is 6. The number of amides is 1. The number of rotatable bonds is 11. The second-order valence-corrected chi connectivity index (χ2v) is 8.31. The molecule has 0 aliphatic carbocycles. The topological polar surface area (TPSA) is 97.7 Å². The van der Waals surface area contributed by atoms with Crippen LogP contribution in [0.3, 0.4) is 0 Å². The molecule has 0 aliphatic heterocycles. The summed E-state index contributed by atoms with van der Waals surface area (Å²) in [6.45, 7) is 0.324. The van der Waals surface area contributed by atoms with Gasteiger partial charge < -0.3 is 19.5 Å². The molecule has 1 unspecified atom stereocenters. The lowest BCUT2D eigenvalue weighted by Gasteiger charge is -2.17. The summed E-state index contributed by atoms with van der Waals surface area (Å²) < 4.78 is 15.5. The number of esters is 1. The highest BCUT2D eigenvalue weighted by molar-refractivity contribution is 5.94. The Morgan fingerprint density at radius 1 is 0.972 bits per heavy atom. The molecule has 0 aliphatic rings. The number of hydrogen-bond donors (Lipinski definition) is 1. The molecular formula is C29H30N2O5. The molecule has 3 aromatic rings. The Bertz CT molecular complexity index is 1230.